The van der Waals surface area contributed by atoms with Gasteiger partial charge in [0.1, 0.15) is 5.75 Å². The van der Waals surface area contributed by atoms with E-state index in [-0.39, 0.29) is 16.1 Å². The second-order valence-electron chi connectivity index (χ2n) is 11.8. The molecule has 0 aliphatic rings. The van der Waals surface area contributed by atoms with Crippen LogP contribution in [-0.4, -0.2) is 36.9 Å². The molecule has 2 N–H and O–H groups in total. The van der Waals surface area contributed by atoms with Gasteiger partial charge in [-0.05, 0) is 82.3 Å². The molecule has 0 aliphatic heterocycles. The molecule has 0 atom stereocenters. The molecule has 0 radical (unpaired) electrons. The maximum atomic E-state index is 13.7. The van der Waals surface area contributed by atoms with Gasteiger partial charge in [-0.15, -0.1) is 0 Å². The van der Waals surface area contributed by atoms with E-state index < -0.39 is 41.4 Å². The Bertz CT molecular complexity index is 947. The highest BCUT2D eigenvalue weighted by Gasteiger charge is 2.39. The Labute approximate surface area is 213 Å². The average Bonchev–Trinajstić information content (AvgIpc) is 2.56. The van der Waals surface area contributed by atoms with Crippen molar-refractivity contribution in [2.24, 2.45) is 0 Å². The SMILES string of the molecule is Cc1cc(P(=O)(OC(C)C)OC(C)C)cc(OP(=O)(O)O)c1C(C)(C)CCO[Si](C)(C)C(C)(C)C. The van der Waals surface area contributed by atoms with Gasteiger partial charge in [-0.25, -0.2) is 4.57 Å². The van der Waals surface area contributed by atoms with Crippen molar-refractivity contribution in [3.05, 3.63) is 23.3 Å². The van der Waals surface area contributed by atoms with Crippen molar-refractivity contribution in [2.75, 3.05) is 6.61 Å². The second kappa shape index (κ2) is 11.5. The monoisotopic (exact) mass is 552 g/mol. The molecule has 0 aliphatic carbocycles. The van der Waals surface area contributed by atoms with Crippen LogP contribution in [0.4, 0.5) is 0 Å². The fourth-order valence-corrected chi connectivity index (χ4v) is 7.04. The normalized spacial score (nSPS) is 14.2. The van der Waals surface area contributed by atoms with Gasteiger partial charge in [0.2, 0.25) is 0 Å². The standard InChI is InChI=1S/C24H46O8P2Si/c1-17(2)30-33(25,31-18(3)4)20-15-19(5)22(21(16-20)32-34(26,27)28)24(9,10)13-14-29-35(11,12)23(6,7)8/h15-18H,13-14H2,1-12H3,(H2,26,27,28). The van der Waals surface area contributed by atoms with E-state index >= 15 is 0 Å². The average molecular weight is 553 g/mol. The largest absolute Gasteiger partial charge is 0.524 e. The fraction of sp³-hybridized carbons (Fsp3) is 0.750. The maximum absolute atomic E-state index is 13.7. The van der Waals surface area contributed by atoms with Gasteiger partial charge in [-0.1, -0.05) is 34.6 Å². The first-order valence-corrected chi connectivity index (χ1v) is 18.0. The molecule has 0 saturated heterocycles. The van der Waals surface area contributed by atoms with Crippen molar-refractivity contribution in [2.45, 2.75) is 111 Å². The highest BCUT2D eigenvalue weighted by atomic mass is 31.2. The van der Waals surface area contributed by atoms with Gasteiger partial charge in [0.15, 0.2) is 8.32 Å². The molecule has 0 saturated carbocycles. The zero-order valence-electron chi connectivity index (χ0n) is 23.5. The van der Waals surface area contributed by atoms with Crippen molar-refractivity contribution in [3.8, 4) is 5.75 Å². The third-order valence-corrected chi connectivity index (χ3v) is 13.5. The Hall–Kier alpha value is -0.503. The van der Waals surface area contributed by atoms with Crippen molar-refractivity contribution in [1.82, 2.24) is 0 Å². The summed E-state index contributed by atoms with van der Waals surface area (Å²) >= 11 is 0. The molecule has 35 heavy (non-hydrogen) atoms. The summed E-state index contributed by atoms with van der Waals surface area (Å²) in [5, 5.41) is 0.259. The number of phosphoric acid groups is 1. The Morgan fingerprint density at radius 3 is 1.83 bits per heavy atom. The predicted molar refractivity (Wildman–Crippen MR) is 144 cm³/mol. The van der Waals surface area contributed by atoms with Gasteiger partial charge in [0, 0.05) is 12.2 Å². The molecule has 1 aromatic rings. The lowest BCUT2D eigenvalue weighted by atomic mass is 9.79. The van der Waals surface area contributed by atoms with Gasteiger partial charge >= 0.3 is 15.4 Å². The van der Waals surface area contributed by atoms with Crippen LogP contribution in [0.3, 0.4) is 0 Å². The van der Waals surface area contributed by atoms with Crippen molar-refractivity contribution < 1.29 is 36.9 Å². The first kappa shape index (κ1) is 32.5. The van der Waals surface area contributed by atoms with E-state index in [2.05, 4.69) is 33.9 Å². The van der Waals surface area contributed by atoms with Crippen molar-refractivity contribution in [3.63, 3.8) is 0 Å². The van der Waals surface area contributed by atoms with Gasteiger partial charge in [-0.3, -0.25) is 14.4 Å². The molecule has 204 valence electrons. The quantitative estimate of drug-likeness (QED) is 0.215. The van der Waals surface area contributed by atoms with E-state index in [1.165, 1.54) is 6.07 Å². The second-order valence-corrected chi connectivity index (χ2v) is 19.7. The van der Waals surface area contributed by atoms with Crippen LogP contribution in [0.25, 0.3) is 0 Å². The first-order chi connectivity index (χ1) is 15.5. The molecule has 0 amide bonds. The molecule has 1 rings (SSSR count). The summed E-state index contributed by atoms with van der Waals surface area (Å²) in [6, 6.07) is 3.08. The third kappa shape index (κ3) is 9.39. The van der Waals surface area contributed by atoms with E-state index in [1.807, 2.05) is 13.8 Å². The molecule has 0 heterocycles. The summed E-state index contributed by atoms with van der Waals surface area (Å²) in [7, 11) is -10.7. The number of hydrogen-bond acceptors (Lipinski definition) is 6. The molecular formula is C24H46O8P2Si. The Balaban J connectivity index is 3.54. The van der Waals surface area contributed by atoms with Crippen LogP contribution >= 0.6 is 15.4 Å². The molecule has 0 spiro atoms. The predicted octanol–water partition coefficient (Wildman–Crippen LogP) is 6.82. The molecule has 0 aromatic heterocycles. The lowest BCUT2D eigenvalue weighted by Crippen LogP contribution is -2.41. The van der Waals surface area contributed by atoms with Crippen LogP contribution in [0.5, 0.6) is 5.75 Å². The highest BCUT2D eigenvalue weighted by Crippen LogP contribution is 2.52. The highest BCUT2D eigenvalue weighted by molar-refractivity contribution is 7.62. The van der Waals surface area contributed by atoms with Gasteiger partial charge < -0.3 is 18.0 Å². The van der Waals surface area contributed by atoms with Crippen molar-refractivity contribution in [1.29, 1.82) is 0 Å². The van der Waals surface area contributed by atoms with Crippen LogP contribution in [0.2, 0.25) is 18.1 Å². The molecule has 11 heteroatoms. The van der Waals surface area contributed by atoms with Gasteiger partial charge in [-0.2, -0.15) is 0 Å². The number of benzene rings is 1. The number of aryl methyl sites for hydroxylation is 1. The number of hydrogen-bond donors (Lipinski definition) is 2. The minimum absolute atomic E-state index is 0.0365. The smallest absolute Gasteiger partial charge is 0.417 e. The fourth-order valence-electron chi connectivity index (χ4n) is 3.57. The molecule has 8 nitrogen and oxygen atoms in total. The molecule has 0 fully saturated rings. The lowest BCUT2D eigenvalue weighted by molar-refractivity contribution is 0.150. The van der Waals surface area contributed by atoms with Crippen LogP contribution in [-0.2, 0) is 28.0 Å². The minimum Gasteiger partial charge on any atom is -0.417 e. The molecular weight excluding hydrogens is 506 g/mol. The Kier molecular flexibility index (Phi) is 10.7. The molecule has 0 unspecified atom stereocenters. The van der Waals surface area contributed by atoms with Gasteiger partial charge in [0.05, 0.1) is 17.5 Å². The van der Waals surface area contributed by atoms with E-state index in [0.29, 0.717) is 24.2 Å². The van der Waals surface area contributed by atoms with E-state index in [4.69, 9.17) is 18.0 Å². The van der Waals surface area contributed by atoms with Crippen LogP contribution in [0.1, 0.15) is 79.9 Å². The minimum atomic E-state index is -4.90. The first-order valence-electron chi connectivity index (χ1n) is 12.0. The van der Waals surface area contributed by atoms with Crippen molar-refractivity contribution >= 4 is 29.0 Å². The Morgan fingerprint density at radius 2 is 1.43 bits per heavy atom. The third-order valence-electron chi connectivity index (χ3n) is 6.19. The van der Waals surface area contributed by atoms with E-state index in [9.17, 15) is 18.9 Å². The van der Waals surface area contributed by atoms with E-state index in [1.54, 1.807) is 40.7 Å². The number of rotatable bonds is 12. The molecule has 1 aromatic carbocycles. The number of phosphoric ester groups is 1. The van der Waals surface area contributed by atoms with Crippen LogP contribution < -0.4 is 9.83 Å². The maximum Gasteiger partial charge on any atom is 0.524 e. The zero-order chi connectivity index (χ0) is 27.6. The van der Waals surface area contributed by atoms with Gasteiger partial charge in [0.25, 0.3) is 0 Å². The zero-order valence-corrected chi connectivity index (χ0v) is 26.3. The lowest BCUT2D eigenvalue weighted by Gasteiger charge is -2.38. The molecule has 0 bridgehead atoms. The summed E-state index contributed by atoms with van der Waals surface area (Å²) in [5.41, 5.74) is 0.726. The summed E-state index contributed by atoms with van der Waals surface area (Å²) < 4.78 is 48.5. The summed E-state index contributed by atoms with van der Waals surface area (Å²) in [6.45, 7) is 24.1. The van der Waals surface area contributed by atoms with E-state index in [0.717, 1.165) is 0 Å². The Morgan fingerprint density at radius 1 is 0.943 bits per heavy atom. The summed E-state index contributed by atoms with van der Waals surface area (Å²) in [5.74, 6) is -0.0365. The summed E-state index contributed by atoms with van der Waals surface area (Å²) in [4.78, 5) is 19.3. The van der Waals surface area contributed by atoms with Crippen LogP contribution in [0.15, 0.2) is 12.1 Å². The summed E-state index contributed by atoms with van der Waals surface area (Å²) in [6.07, 6.45) is -0.191. The topological polar surface area (TPSA) is 112 Å². The van der Waals surface area contributed by atoms with Crippen LogP contribution in [0, 0.1) is 6.92 Å².